The quantitative estimate of drug-likeness (QED) is 0.857. The van der Waals surface area contributed by atoms with Gasteiger partial charge < -0.3 is 10.5 Å². The highest BCUT2D eigenvalue weighted by molar-refractivity contribution is 6.32. The third-order valence-electron chi connectivity index (χ3n) is 1.86. The standard InChI is InChI=1S/C10H9ClF3NO2/c1-5(15)9(16)6-2-3-8(7(11)4-6)17-10(12,13)14/h2-5H,15H2,1H3. The van der Waals surface area contributed by atoms with E-state index in [4.69, 9.17) is 17.3 Å². The first-order chi connectivity index (χ1) is 7.70. The van der Waals surface area contributed by atoms with Crippen LogP contribution in [-0.4, -0.2) is 18.2 Å². The Balaban J connectivity index is 2.98. The predicted molar refractivity (Wildman–Crippen MR) is 56.1 cm³/mol. The Labute approximate surface area is 100 Å². The number of benzene rings is 1. The molecular weight excluding hydrogens is 259 g/mol. The minimum atomic E-state index is -4.82. The number of hydrogen-bond acceptors (Lipinski definition) is 3. The van der Waals surface area contributed by atoms with Gasteiger partial charge in [-0.3, -0.25) is 4.79 Å². The third-order valence-corrected chi connectivity index (χ3v) is 2.15. The molecule has 0 aliphatic heterocycles. The zero-order valence-corrected chi connectivity index (χ0v) is 9.47. The van der Waals surface area contributed by atoms with Crippen molar-refractivity contribution < 1.29 is 22.7 Å². The van der Waals surface area contributed by atoms with Crippen LogP contribution in [-0.2, 0) is 0 Å². The summed E-state index contributed by atoms with van der Waals surface area (Å²) in [5.74, 6) is -0.967. The number of ether oxygens (including phenoxy) is 1. The highest BCUT2D eigenvalue weighted by Gasteiger charge is 2.32. The van der Waals surface area contributed by atoms with Gasteiger partial charge in [-0.25, -0.2) is 0 Å². The van der Waals surface area contributed by atoms with Crippen LogP contribution in [0.3, 0.4) is 0 Å². The van der Waals surface area contributed by atoms with Crippen molar-refractivity contribution in [2.75, 3.05) is 0 Å². The maximum Gasteiger partial charge on any atom is 0.573 e. The largest absolute Gasteiger partial charge is 0.573 e. The molecule has 94 valence electrons. The van der Waals surface area contributed by atoms with Crippen molar-refractivity contribution in [3.63, 3.8) is 0 Å². The molecule has 1 atom stereocenters. The zero-order valence-electron chi connectivity index (χ0n) is 8.72. The van der Waals surface area contributed by atoms with E-state index in [2.05, 4.69) is 4.74 Å². The zero-order chi connectivity index (χ0) is 13.2. The molecule has 2 N–H and O–H groups in total. The van der Waals surface area contributed by atoms with E-state index in [1.165, 1.54) is 13.0 Å². The van der Waals surface area contributed by atoms with Gasteiger partial charge in [0.2, 0.25) is 0 Å². The van der Waals surface area contributed by atoms with E-state index >= 15 is 0 Å². The van der Waals surface area contributed by atoms with Crippen molar-refractivity contribution in [1.29, 1.82) is 0 Å². The smallest absolute Gasteiger partial charge is 0.404 e. The summed E-state index contributed by atoms with van der Waals surface area (Å²) in [6.45, 7) is 1.47. The monoisotopic (exact) mass is 267 g/mol. The van der Waals surface area contributed by atoms with Crippen LogP contribution in [0.5, 0.6) is 5.75 Å². The topological polar surface area (TPSA) is 52.3 Å². The van der Waals surface area contributed by atoms with Gasteiger partial charge in [0, 0.05) is 5.56 Å². The molecule has 17 heavy (non-hydrogen) atoms. The van der Waals surface area contributed by atoms with Gasteiger partial charge in [-0.1, -0.05) is 11.6 Å². The lowest BCUT2D eigenvalue weighted by Gasteiger charge is -2.11. The van der Waals surface area contributed by atoms with Crippen molar-refractivity contribution in [3.8, 4) is 5.75 Å². The van der Waals surface area contributed by atoms with Crippen LogP contribution >= 0.6 is 11.6 Å². The highest BCUT2D eigenvalue weighted by Crippen LogP contribution is 2.30. The summed E-state index contributed by atoms with van der Waals surface area (Å²) in [6, 6.07) is 2.50. The van der Waals surface area contributed by atoms with Crippen molar-refractivity contribution >= 4 is 17.4 Å². The van der Waals surface area contributed by atoms with Gasteiger partial charge in [0.05, 0.1) is 11.1 Å². The number of hydrogen-bond donors (Lipinski definition) is 1. The SMILES string of the molecule is CC(N)C(=O)c1ccc(OC(F)(F)F)c(Cl)c1. The fraction of sp³-hybridized carbons (Fsp3) is 0.300. The van der Waals surface area contributed by atoms with Gasteiger partial charge in [-0.05, 0) is 25.1 Å². The molecule has 0 aromatic heterocycles. The summed E-state index contributed by atoms with van der Waals surface area (Å²) in [5.41, 5.74) is 5.49. The molecule has 0 saturated heterocycles. The number of Topliss-reactive ketones (excluding diaryl/α,β-unsaturated/α-hetero) is 1. The summed E-state index contributed by atoms with van der Waals surface area (Å²) >= 11 is 5.57. The van der Waals surface area contributed by atoms with Crippen molar-refractivity contribution in [3.05, 3.63) is 28.8 Å². The number of carbonyl (C=O) groups is 1. The van der Waals surface area contributed by atoms with E-state index in [-0.39, 0.29) is 10.6 Å². The second-order valence-corrected chi connectivity index (χ2v) is 3.75. The number of alkyl halides is 3. The Kier molecular flexibility index (Phi) is 4.00. The highest BCUT2D eigenvalue weighted by atomic mass is 35.5. The summed E-state index contributed by atoms with van der Waals surface area (Å²) in [5, 5.41) is -0.297. The normalized spacial score (nSPS) is 13.3. The Morgan fingerprint density at radius 2 is 2.06 bits per heavy atom. The summed E-state index contributed by atoms with van der Waals surface area (Å²) in [4.78, 5) is 11.4. The molecule has 7 heteroatoms. The predicted octanol–water partition coefficient (Wildman–Crippen LogP) is 2.77. The van der Waals surface area contributed by atoms with Gasteiger partial charge in [-0.2, -0.15) is 0 Å². The number of halogens is 4. The van der Waals surface area contributed by atoms with Crippen LogP contribution in [0.25, 0.3) is 0 Å². The lowest BCUT2D eigenvalue weighted by molar-refractivity contribution is -0.274. The van der Waals surface area contributed by atoms with Gasteiger partial charge in [0.1, 0.15) is 5.75 Å². The van der Waals surface area contributed by atoms with Crippen LogP contribution in [0.4, 0.5) is 13.2 Å². The molecule has 1 aromatic rings. The van der Waals surface area contributed by atoms with Crippen LogP contribution < -0.4 is 10.5 Å². The van der Waals surface area contributed by atoms with E-state index in [1.54, 1.807) is 0 Å². The molecular formula is C10H9ClF3NO2. The molecule has 1 aromatic carbocycles. The number of carbonyl (C=O) groups excluding carboxylic acids is 1. The van der Waals surface area contributed by atoms with Gasteiger partial charge >= 0.3 is 6.36 Å². The van der Waals surface area contributed by atoms with Gasteiger partial charge in [-0.15, -0.1) is 13.2 Å². The first kappa shape index (κ1) is 13.8. The molecule has 0 amide bonds. The molecule has 0 bridgehead atoms. The fourth-order valence-corrected chi connectivity index (χ4v) is 1.34. The maximum absolute atomic E-state index is 11.9. The second-order valence-electron chi connectivity index (χ2n) is 3.35. The number of nitrogens with two attached hydrogens (primary N) is 1. The Morgan fingerprint density at radius 3 is 2.47 bits per heavy atom. The maximum atomic E-state index is 11.9. The molecule has 0 saturated carbocycles. The lowest BCUT2D eigenvalue weighted by Crippen LogP contribution is -2.26. The molecule has 0 aliphatic rings. The molecule has 1 rings (SSSR count). The van der Waals surface area contributed by atoms with E-state index in [0.29, 0.717) is 0 Å². The average Bonchev–Trinajstić information content (AvgIpc) is 2.18. The van der Waals surface area contributed by atoms with E-state index < -0.39 is 23.9 Å². The number of rotatable bonds is 3. The van der Waals surface area contributed by atoms with Crippen LogP contribution in [0, 0.1) is 0 Å². The molecule has 0 spiro atoms. The molecule has 0 radical (unpaired) electrons. The van der Waals surface area contributed by atoms with Crippen LogP contribution in [0.1, 0.15) is 17.3 Å². The molecule has 1 unspecified atom stereocenters. The van der Waals surface area contributed by atoms with Crippen molar-refractivity contribution in [2.45, 2.75) is 19.3 Å². The molecule has 3 nitrogen and oxygen atoms in total. The minimum Gasteiger partial charge on any atom is -0.404 e. The molecule has 0 heterocycles. The minimum absolute atomic E-state index is 0.138. The third kappa shape index (κ3) is 3.90. The van der Waals surface area contributed by atoms with Crippen molar-refractivity contribution in [1.82, 2.24) is 0 Å². The second kappa shape index (κ2) is 4.93. The number of ketones is 1. The lowest BCUT2D eigenvalue weighted by atomic mass is 10.1. The Hall–Kier alpha value is -1.27. The van der Waals surface area contributed by atoms with E-state index in [0.717, 1.165) is 12.1 Å². The first-order valence-corrected chi connectivity index (χ1v) is 4.93. The van der Waals surface area contributed by atoms with Crippen LogP contribution in [0.15, 0.2) is 18.2 Å². The van der Waals surface area contributed by atoms with Gasteiger partial charge in [0.15, 0.2) is 5.78 Å². The average molecular weight is 268 g/mol. The van der Waals surface area contributed by atoms with E-state index in [9.17, 15) is 18.0 Å². The fourth-order valence-electron chi connectivity index (χ4n) is 1.12. The van der Waals surface area contributed by atoms with Crippen LogP contribution in [0.2, 0.25) is 5.02 Å². The summed E-state index contributed by atoms with van der Waals surface area (Å²) in [7, 11) is 0. The van der Waals surface area contributed by atoms with Crippen molar-refractivity contribution in [2.24, 2.45) is 5.73 Å². The van der Waals surface area contributed by atoms with Gasteiger partial charge in [0.25, 0.3) is 0 Å². The molecule has 0 fully saturated rings. The first-order valence-electron chi connectivity index (χ1n) is 4.56. The van der Waals surface area contributed by atoms with E-state index in [1.807, 2.05) is 0 Å². The summed E-state index contributed by atoms with van der Waals surface area (Å²) in [6.07, 6.45) is -4.82. The Bertz CT molecular complexity index is 432. The Morgan fingerprint density at radius 1 is 1.47 bits per heavy atom. The molecule has 0 aliphatic carbocycles. The summed E-state index contributed by atoms with van der Waals surface area (Å²) < 4.78 is 39.5.